The largest absolute Gasteiger partial charge is 0.508 e. The maximum absolute atomic E-state index is 9.83. The van der Waals surface area contributed by atoms with Gasteiger partial charge in [-0.3, -0.25) is 0 Å². The smallest absolute Gasteiger partial charge is 0.120 e. The van der Waals surface area contributed by atoms with Gasteiger partial charge < -0.3 is 15.5 Å². The fraction of sp³-hybridized carbons (Fsp3) is 0.333. The lowest BCUT2D eigenvalue weighted by molar-refractivity contribution is 0.425. The Morgan fingerprint density at radius 1 is 1.21 bits per heavy atom. The summed E-state index contributed by atoms with van der Waals surface area (Å²) in [5.41, 5.74) is 2.04. The molecule has 2 aromatic rings. The molecule has 0 spiro atoms. The van der Waals surface area contributed by atoms with Crippen LogP contribution in [0.4, 0.5) is 0 Å². The van der Waals surface area contributed by atoms with E-state index < -0.39 is 0 Å². The summed E-state index contributed by atoms with van der Waals surface area (Å²) in [5.74, 6) is 0.382. The van der Waals surface area contributed by atoms with E-state index in [2.05, 4.69) is 29.1 Å². The lowest BCUT2D eigenvalue weighted by Gasteiger charge is -2.21. The Bertz CT molecular complexity index is 525. The number of rotatable bonds is 5. The molecule has 3 N–H and O–H groups in total. The van der Waals surface area contributed by atoms with Crippen LogP contribution in [0.25, 0.3) is 0 Å². The van der Waals surface area contributed by atoms with Gasteiger partial charge in [-0.25, -0.2) is 0 Å². The molecule has 1 heterocycles. The summed E-state index contributed by atoms with van der Waals surface area (Å²) in [6.07, 6.45) is 0.952. The van der Waals surface area contributed by atoms with Crippen molar-refractivity contribution in [2.24, 2.45) is 0 Å². The number of thiophene rings is 1. The van der Waals surface area contributed by atoms with Crippen LogP contribution in [0.3, 0.4) is 0 Å². The zero-order valence-electron chi connectivity index (χ0n) is 11.1. The minimum absolute atomic E-state index is 0.0132. The van der Waals surface area contributed by atoms with Gasteiger partial charge in [0.1, 0.15) is 11.5 Å². The molecule has 0 aliphatic rings. The van der Waals surface area contributed by atoms with Gasteiger partial charge in [-0.1, -0.05) is 0 Å². The van der Waals surface area contributed by atoms with E-state index in [1.807, 2.05) is 6.92 Å². The van der Waals surface area contributed by atoms with Crippen LogP contribution in [0.5, 0.6) is 11.5 Å². The van der Waals surface area contributed by atoms with Crippen molar-refractivity contribution in [3.63, 3.8) is 0 Å². The first kappa shape index (κ1) is 13.9. The van der Waals surface area contributed by atoms with E-state index in [9.17, 15) is 10.2 Å². The van der Waals surface area contributed by atoms with Crippen LogP contribution >= 0.6 is 11.3 Å². The maximum atomic E-state index is 9.83. The summed E-state index contributed by atoms with van der Waals surface area (Å²) in [6.45, 7) is 4.10. The normalized spacial score (nSPS) is 14.2. The highest BCUT2D eigenvalue weighted by atomic mass is 32.1. The molecule has 3 nitrogen and oxygen atoms in total. The van der Waals surface area contributed by atoms with E-state index in [1.165, 1.54) is 17.7 Å². The van der Waals surface area contributed by atoms with Crippen LogP contribution in [0, 0.1) is 0 Å². The molecule has 19 heavy (non-hydrogen) atoms. The van der Waals surface area contributed by atoms with Crippen molar-refractivity contribution < 1.29 is 10.2 Å². The Morgan fingerprint density at radius 3 is 2.68 bits per heavy atom. The molecule has 2 rings (SSSR count). The van der Waals surface area contributed by atoms with Crippen LogP contribution in [-0.4, -0.2) is 16.3 Å². The highest BCUT2D eigenvalue weighted by Crippen LogP contribution is 2.28. The first-order chi connectivity index (χ1) is 9.06. The van der Waals surface area contributed by atoms with Crippen molar-refractivity contribution in [2.45, 2.75) is 32.4 Å². The molecule has 1 aromatic heterocycles. The first-order valence-electron chi connectivity index (χ1n) is 6.35. The van der Waals surface area contributed by atoms with Crippen LogP contribution in [0.1, 0.15) is 31.0 Å². The Hall–Kier alpha value is -1.52. The van der Waals surface area contributed by atoms with Gasteiger partial charge in [-0.15, -0.1) is 0 Å². The Labute approximate surface area is 117 Å². The highest BCUT2D eigenvalue weighted by molar-refractivity contribution is 7.07. The third-order valence-corrected chi connectivity index (χ3v) is 3.87. The number of phenolic OH excluding ortho intramolecular Hbond substituents is 2. The monoisotopic (exact) mass is 277 g/mol. The van der Waals surface area contributed by atoms with E-state index >= 15 is 0 Å². The number of benzene rings is 1. The second kappa shape index (κ2) is 6.08. The molecule has 0 radical (unpaired) electrons. The van der Waals surface area contributed by atoms with Gasteiger partial charge >= 0.3 is 0 Å². The molecule has 2 atom stereocenters. The average molecular weight is 277 g/mol. The van der Waals surface area contributed by atoms with Crippen molar-refractivity contribution in [1.29, 1.82) is 0 Å². The van der Waals surface area contributed by atoms with Crippen LogP contribution in [0.15, 0.2) is 35.0 Å². The lowest BCUT2D eigenvalue weighted by atomic mass is 10.0. The zero-order valence-corrected chi connectivity index (χ0v) is 11.9. The molecule has 0 bridgehead atoms. The Morgan fingerprint density at radius 2 is 2.00 bits per heavy atom. The van der Waals surface area contributed by atoms with Gasteiger partial charge in [0.15, 0.2) is 0 Å². The van der Waals surface area contributed by atoms with Crippen molar-refractivity contribution >= 4 is 11.3 Å². The summed E-state index contributed by atoms with van der Waals surface area (Å²) < 4.78 is 0. The van der Waals surface area contributed by atoms with E-state index in [1.54, 1.807) is 17.4 Å². The van der Waals surface area contributed by atoms with Gasteiger partial charge in [-0.2, -0.15) is 11.3 Å². The fourth-order valence-corrected chi connectivity index (χ4v) is 2.91. The molecular formula is C15H19NO2S. The van der Waals surface area contributed by atoms with Crippen molar-refractivity contribution in [3.8, 4) is 11.5 Å². The van der Waals surface area contributed by atoms with Crippen LogP contribution < -0.4 is 5.32 Å². The Kier molecular flexibility index (Phi) is 4.45. The van der Waals surface area contributed by atoms with E-state index in [-0.39, 0.29) is 17.5 Å². The number of phenols is 2. The predicted octanol–water partition coefficient (Wildman–Crippen LogP) is 3.44. The summed E-state index contributed by atoms with van der Waals surface area (Å²) in [7, 11) is 0. The summed E-state index contributed by atoms with van der Waals surface area (Å²) in [5, 5.41) is 27.0. The van der Waals surface area contributed by atoms with E-state index in [4.69, 9.17) is 0 Å². The second-order valence-electron chi connectivity index (χ2n) is 4.87. The standard InChI is InChI=1S/C15H19NO2S/c1-10(7-12-5-6-19-9-12)16-11(2)14-8-13(17)3-4-15(14)18/h3-6,8-11,16-18H,7H2,1-2H3. The molecular weight excluding hydrogens is 258 g/mol. The number of hydrogen-bond donors (Lipinski definition) is 3. The molecule has 0 aliphatic carbocycles. The van der Waals surface area contributed by atoms with Gasteiger partial charge in [0.25, 0.3) is 0 Å². The van der Waals surface area contributed by atoms with E-state index in [0.29, 0.717) is 6.04 Å². The SMILES string of the molecule is CC(Cc1ccsc1)NC(C)c1cc(O)ccc1O. The van der Waals surface area contributed by atoms with Crippen molar-refractivity contribution in [3.05, 3.63) is 46.2 Å². The second-order valence-corrected chi connectivity index (χ2v) is 5.65. The summed E-state index contributed by atoms with van der Waals surface area (Å²) in [6, 6.07) is 7.02. The Balaban J connectivity index is 2.00. The molecule has 0 saturated carbocycles. The molecule has 4 heteroatoms. The summed E-state index contributed by atoms with van der Waals surface area (Å²) in [4.78, 5) is 0. The van der Waals surface area contributed by atoms with Gasteiger partial charge in [0.2, 0.25) is 0 Å². The molecule has 102 valence electrons. The van der Waals surface area contributed by atoms with Crippen LogP contribution in [0.2, 0.25) is 0 Å². The molecule has 2 unspecified atom stereocenters. The van der Waals surface area contributed by atoms with Crippen molar-refractivity contribution in [1.82, 2.24) is 5.32 Å². The molecule has 0 fully saturated rings. The fourth-order valence-electron chi connectivity index (χ4n) is 2.23. The quantitative estimate of drug-likeness (QED) is 0.734. The first-order valence-corrected chi connectivity index (χ1v) is 7.29. The molecule has 1 aromatic carbocycles. The van der Waals surface area contributed by atoms with Gasteiger partial charge in [0.05, 0.1) is 0 Å². The third kappa shape index (κ3) is 3.72. The molecule has 0 saturated heterocycles. The molecule has 0 amide bonds. The van der Waals surface area contributed by atoms with E-state index in [0.717, 1.165) is 12.0 Å². The van der Waals surface area contributed by atoms with Crippen LogP contribution in [-0.2, 0) is 6.42 Å². The number of nitrogens with one attached hydrogen (secondary N) is 1. The third-order valence-electron chi connectivity index (χ3n) is 3.13. The lowest BCUT2D eigenvalue weighted by Crippen LogP contribution is -2.30. The highest BCUT2D eigenvalue weighted by Gasteiger charge is 2.14. The summed E-state index contributed by atoms with van der Waals surface area (Å²) >= 11 is 1.70. The topological polar surface area (TPSA) is 52.5 Å². The van der Waals surface area contributed by atoms with Gasteiger partial charge in [0, 0.05) is 17.6 Å². The zero-order chi connectivity index (χ0) is 13.8. The number of aromatic hydroxyl groups is 2. The minimum atomic E-state index is -0.0132. The molecule has 0 aliphatic heterocycles. The predicted molar refractivity (Wildman–Crippen MR) is 78.8 cm³/mol. The minimum Gasteiger partial charge on any atom is -0.508 e. The van der Waals surface area contributed by atoms with Gasteiger partial charge in [-0.05, 0) is 60.9 Å². The van der Waals surface area contributed by atoms with Crippen molar-refractivity contribution in [2.75, 3.05) is 0 Å². The maximum Gasteiger partial charge on any atom is 0.120 e. The number of hydrogen-bond acceptors (Lipinski definition) is 4. The average Bonchev–Trinajstić information content (AvgIpc) is 2.84.